The minimum Gasteiger partial charge on any atom is -0.399 e. The maximum atomic E-state index is 5.84. The van der Waals surface area contributed by atoms with E-state index >= 15 is 0 Å². The predicted molar refractivity (Wildman–Crippen MR) is 89.1 cm³/mol. The van der Waals surface area contributed by atoms with Crippen molar-refractivity contribution in [2.75, 3.05) is 5.73 Å². The lowest BCUT2D eigenvalue weighted by molar-refractivity contribution is 0.740. The molecule has 0 aliphatic rings. The molecule has 0 spiro atoms. The number of imidazole rings is 1. The fraction of sp³-hybridized carbons (Fsp3) is 0.118. The Morgan fingerprint density at radius 2 is 1.86 bits per heavy atom. The summed E-state index contributed by atoms with van der Waals surface area (Å²) < 4.78 is 3.25. The summed E-state index contributed by atoms with van der Waals surface area (Å²) in [4.78, 5) is 4.48. The molecule has 0 unspecified atom stereocenters. The molecule has 0 amide bonds. The topological polar surface area (TPSA) is 43.8 Å². The van der Waals surface area contributed by atoms with Gasteiger partial charge in [0.2, 0.25) is 0 Å². The van der Waals surface area contributed by atoms with E-state index in [9.17, 15) is 0 Å². The van der Waals surface area contributed by atoms with E-state index in [-0.39, 0.29) is 0 Å². The average molecular weight is 342 g/mol. The Morgan fingerprint density at radius 1 is 1.05 bits per heavy atom. The van der Waals surface area contributed by atoms with Crippen LogP contribution in [0, 0.1) is 0 Å². The zero-order chi connectivity index (χ0) is 14.7. The highest BCUT2D eigenvalue weighted by Crippen LogP contribution is 2.16. The molecule has 0 radical (unpaired) electrons. The smallest absolute Gasteiger partial charge is 0.113 e. The molecule has 0 atom stereocenters. The van der Waals surface area contributed by atoms with Crippen molar-refractivity contribution in [2.24, 2.45) is 0 Å². The number of hydrogen-bond acceptors (Lipinski definition) is 2. The van der Waals surface area contributed by atoms with Gasteiger partial charge in [0.1, 0.15) is 5.82 Å². The Morgan fingerprint density at radius 3 is 2.67 bits per heavy atom. The van der Waals surface area contributed by atoms with Crippen LogP contribution >= 0.6 is 15.9 Å². The number of rotatable bonds is 4. The van der Waals surface area contributed by atoms with Crippen molar-refractivity contribution in [3.63, 3.8) is 0 Å². The molecule has 106 valence electrons. The lowest BCUT2D eigenvalue weighted by atomic mass is 10.1. The largest absolute Gasteiger partial charge is 0.399 e. The second-order valence-electron chi connectivity index (χ2n) is 5.02. The monoisotopic (exact) mass is 341 g/mol. The Balaban J connectivity index is 1.81. The van der Waals surface area contributed by atoms with Gasteiger partial charge in [-0.2, -0.15) is 0 Å². The van der Waals surface area contributed by atoms with Gasteiger partial charge in [0.25, 0.3) is 0 Å². The molecule has 4 heteroatoms. The summed E-state index contributed by atoms with van der Waals surface area (Å²) in [5.41, 5.74) is 9.05. The van der Waals surface area contributed by atoms with Crippen LogP contribution in [-0.2, 0) is 13.0 Å². The van der Waals surface area contributed by atoms with Crippen LogP contribution in [0.5, 0.6) is 0 Å². The van der Waals surface area contributed by atoms with Crippen molar-refractivity contribution in [1.82, 2.24) is 9.55 Å². The number of nitrogen functional groups attached to an aromatic ring is 1. The van der Waals surface area contributed by atoms with Gasteiger partial charge in [0.05, 0.1) is 0 Å². The zero-order valence-electron chi connectivity index (χ0n) is 11.5. The first kappa shape index (κ1) is 13.9. The Bertz CT molecular complexity index is 687. The number of halogens is 1. The normalized spacial score (nSPS) is 10.7. The zero-order valence-corrected chi connectivity index (χ0v) is 13.1. The molecule has 3 rings (SSSR count). The first-order valence-electron chi connectivity index (χ1n) is 6.79. The number of anilines is 1. The number of nitrogens with two attached hydrogens (primary N) is 1. The van der Waals surface area contributed by atoms with Gasteiger partial charge in [-0.1, -0.05) is 40.2 Å². The van der Waals surface area contributed by atoms with Crippen molar-refractivity contribution in [3.8, 4) is 0 Å². The van der Waals surface area contributed by atoms with Crippen LogP contribution in [0.25, 0.3) is 0 Å². The molecule has 0 saturated heterocycles. The van der Waals surface area contributed by atoms with Crippen LogP contribution in [0.4, 0.5) is 5.69 Å². The summed E-state index contributed by atoms with van der Waals surface area (Å²) in [6, 6.07) is 16.3. The van der Waals surface area contributed by atoms with E-state index in [0.29, 0.717) is 0 Å². The standard InChI is InChI=1S/C17H16BrN3/c18-15-5-1-3-13(9-15)11-17-20-7-8-21(17)12-14-4-2-6-16(19)10-14/h1-10H,11-12,19H2. The third-order valence-corrected chi connectivity index (χ3v) is 3.85. The van der Waals surface area contributed by atoms with E-state index < -0.39 is 0 Å². The number of benzene rings is 2. The molecule has 0 bridgehead atoms. The summed E-state index contributed by atoms with van der Waals surface area (Å²) >= 11 is 3.51. The SMILES string of the molecule is Nc1cccc(Cn2ccnc2Cc2cccc(Br)c2)c1. The minimum atomic E-state index is 0.786. The van der Waals surface area contributed by atoms with Crippen LogP contribution in [-0.4, -0.2) is 9.55 Å². The van der Waals surface area contributed by atoms with Gasteiger partial charge in [-0.3, -0.25) is 0 Å². The van der Waals surface area contributed by atoms with Gasteiger partial charge < -0.3 is 10.3 Å². The molecule has 0 saturated carbocycles. The highest BCUT2D eigenvalue weighted by atomic mass is 79.9. The molecule has 0 aliphatic heterocycles. The van der Waals surface area contributed by atoms with Crippen molar-refractivity contribution < 1.29 is 0 Å². The molecule has 3 nitrogen and oxygen atoms in total. The molecule has 3 aromatic rings. The van der Waals surface area contributed by atoms with Crippen LogP contribution < -0.4 is 5.73 Å². The maximum Gasteiger partial charge on any atom is 0.113 e. The second kappa shape index (κ2) is 6.14. The van der Waals surface area contributed by atoms with E-state index in [0.717, 1.165) is 29.0 Å². The highest BCUT2D eigenvalue weighted by molar-refractivity contribution is 9.10. The number of nitrogens with zero attached hydrogens (tertiary/aromatic N) is 2. The molecular formula is C17H16BrN3. The van der Waals surface area contributed by atoms with E-state index in [4.69, 9.17) is 5.73 Å². The summed E-state index contributed by atoms with van der Waals surface area (Å²) in [5, 5.41) is 0. The molecule has 21 heavy (non-hydrogen) atoms. The first-order chi connectivity index (χ1) is 10.2. The number of aromatic nitrogens is 2. The molecule has 1 heterocycles. The third kappa shape index (κ3) is 3.52. The predicted octanol–water partition coefficient (Wildman–Crippen LogP) is 3.87. The Kier molecular flexibility index (Phi) is 4.06. The number of hydrogen-bond donors (Lipinski definition) is 1. The quantitative estimate of drug-likeness (QED) is 0.732. The Labute approximate surface area is 132 Å². The fourth-order valence-electron chi connectivity index (χ4n) is 2.37. The summed E-state index contributed by atoms with van der Waals surface area (Å²) in [5.74, 6) is 1.05. The molecule has 0 aliphatic carbocycles. The van der Waals surface area contributed by atoms with Gasteiger partial charge in [-0.15, -0.1) is 0 Å². The van der Waals surface area contributed by atoms with Crippen molar-refractivity contribution in [2.45, 2.75) is 13.0 Å². The molecule has 2 N–H and O–H groups in total. The summed E-state index contributed by atoms with van der Waals surface area (Å²) in [6.45, 7) is 0.786. The van der Waals surface area contributed by atoms with Gasteiger partial charge in [0, 0.05) is 35.5 Å². The van der Waals surface area contributed by atoms with Gasteiger partial charge in [-0.25, -0.2) is 4.98 Å². The maximum absolute atomic E-state index is 5.84. The highest BCUT2D eigenvalue weighted by Gasteiger charge is 2.05. The summed E-state index contributed by atoms with van der Waals surface area (Å²) in [6.07, 6.45) is 4.67. The minimum absolute atomic E-state index is 0.786. The van der Waals surface area contributed by atoms with Gasteiger partial charge in [0.15, 0.2) is 0 Å². The average Bonchev–Trinajstić information content (AvgIpc) is 2.86. The van der Waals surface area contributed by atoms with Crippen LogP contribution in [0.3, 0.4) is 0 Å². The molecule has 0 fully saturated rings. The van der Waals surface area contributed by atoms with E-state index in [1.54, 1.807) is 0 Å². The lowest BCUT2D eigenvalue weighted by Crippen LogP contribution is -2.05. The van der Waals surface area contributed by atoms with Gasteiger partial charge in [-0.05, 0) is 35.4 Å². The van der Waals surface area contributed by atoms with Crippen molar-refractivity contribution in [1.29, 1.82) is 0 Å². The second-order valence-corrected chi connectivity index (χ2v) is 5.94. The van der Waals surface area contributed by atoms with E-state index in [1.165, 1.54) is 11.1 Å². The fourth-order valence-corrected chi connectivity index (χ4v) is 2.82. The van der Waals surface area contributed by atoms with Crippen LogP contribution in [0.2, 0.25) is 0 Å². The molecular weight excluding hydrogens is 326 g/mol. The van der Waals surface area contributed by atoms with Crippen LogP contribution in [0.15, 0.2) is 65.4 Å². The van der Waals surface area contributed by atoms with Crippen molar-refractivity contribution in [3.05, 3.63) is 82.3 Å². The lowest BCUT2D eigenvalue weighted by Gasteiger charge is -2.09. The van der Waals surface area contributed by atoms with Gasteiger partial charge >= 0.3 is 0 Å². The summed E-state index contributed by atoms with van der Waals surface area (Å²) in [7, 11) is 0. The van der Waals surface area contributed by atoms with E-state index in [1.807, 2.05) is 42.7 Å². The Hall–Kier alpha value is -2.07. The molecule has 1 aromatic heterocycles. The third-order valence-electron chi connectivity index (χ3n) is 3.36. The van der Waals surface area contributed by atoms with E-state index in [2.05, 4.69) is 43.7 Å². The van der Waals surface area contributed by atoms with Crippen LogP contribution in [0.1, 0.15) is 17.0 Å². The first-order valence-corrected chi connectivity index (χ1v) is 7.59. The van der Waals surface area contributed by atoms with Crippen molar-refractivity contribution >= 4 is 21.6 Å². The molecule has 2 aromatic carbocycles.